The molecule has 0 atom stereocenters. The summed E-state index contributed by atoms with van der Waals surface area (Å²) in [5.74, 6) is 4.36. The van der Waals surface area contributed by atoms with Crippen LogP contribution in [0.2, 0.25) is 0 Å². The zero-order valence-electron chi connectivity index (χ0n) is 11.0. The van der Waals surface area contributed by atoms with E-state index in [9.17, 15) is 8.78 Å². The summed E-state index contributed by atoms with van der Waals surface area (Å²) >= 11 is 0. The first-order valence-corrected chi connectivity index (χ1v) is 5.97. The summed E-state index contributed by atoms with van der Waals surface area (Å²) in [5, 5.41) is 0. The number of hydrogen-bond acceptors (Lipinski definition) is 5. The normalized spacial score (nSPS) is 10.7. The fraction of sp³-hybridized carbons (Fsp3) is 0.231. The second-order valence-electron chi connectivity index (χ2n) is 4.42. The molecule has 1 heterocycles. The lowest BCUT2D eigenvalue weighted by molar-refractivity contribution is 0.416. The predicted molar refractivity (Wildman–Crippen MR) is 70.4 cm³/mol. The standard InChI is InChI=1S/C13H14F2N4O/c1-7(2)11-12(19-16)17-6-18-13(11)20-10-4-3-8(14)5-9(10)15/h3-7H,16H2,1-2H3,(H,17,18,19). The molecule has 2 aromatic rings. The highest BCUT2D eigenvalue weighted by atomic mass is 19.1. The fourth-order valence-electron chi connectivity index (χ4n) is 1.76. The zero-order chi connectivity index (χ0) is 14.7. The lowest BCUT2D eigenvalue weighted by Gasteiger charge is -2.15. The van der Waals surface area contributed by atoms with E-state index in [4.69, 9.17) is 10.6 Å². The number of aromatic nitrogens is 2. The molecule has 0 spiro atoms. The van der Waals surface area contributed by atoms with E-state index in [2.05, 4.69) is 15.4 Å². The molecule has 0 radical (unpaired) electrons. The Bertz CT molecular complexity index is 619. The zero-order valence-corrected chi connectivity index (χ0v) is 11.0. The third kappa shape index (κ3) is 2.83. The molecule has 0 saturated heterocycles. The first-order valence-electron chi connectivity index (χ1n) is 5.97. The third-order valence-electron chi connectivity index (χ3n) is 2.66. The van der Waals surface area contributed by atoms with Crippen LogP contribution in [0.15, 0.2) is 24.5 Å². The summed E-state index contributed by atoms with van der Waals surface area (Å²) in [5.41, 5.74) is 3.05. The van der Waals surface area contributed by atoms with Crippen LogP contribution >= 0.6 is 0 Å². The number of anilines is 1. The molecular weight excluding hydrogens is 266 g/mol. The molecule has 0 aliphatic carbocycles. The van der Waals surface area contributed by atoms with Crippen molar-refractivity contribution in [3.63, 3.8) is 0 Å². The highest BCUT2D eigenvalue weighted by Crippen LogP contribution is 2.33. The Morgan fingerprint density at radius 2 is 2.00 bits per heavy atom. The molecule has 0 amide bonds. The summed E-state index contributed by atoms with van der Waals surface area (Å²) in [6, 6.07) is 3.05. The Kier molecular flexibility index (Phi) is 4.09. The summed E-state index contributed by atoms with van der Waals surface area (Å²) in [6.45, 7) is 3.79. The average molecular weight is 280 g/mol. The number of ether oxygens (including phenoxy) is 1. The molecule has 1 aromatic heterocycles. The van der Waals surface area contributed by atoms with Crippen LogP contribution in [0.5, 0.6) is 11.6 Å². The lowest BCUT2D eigenvalue weighted by Crippen LogP contribution is -2.13. The highest BCUT2D eigenvalue weighted by molar-refractivity contribution is 5.50. The Morgan fingerprint density at radius 1 is 1.25 bits per heavy atom. The molecule has 3 N–H and O–H groups in total. The van der Waals surface area contributed by atoms with Gasteiger partial charge >= 0.3 is 0 Å². The van der Waals surface area contributed by atoms with Gasteiger partial charge < -0.3 is 10.2 Å². The number of halogens is 2. The minimum atomic E-state index is -0.805. The molecule has 0 fully saturated rings. The van der Waals surface area contributed by atoms with Gasteiger partial charge in [0, 0.05) is 6.07 Å². The molecule has 0 unspecified atom stereocenters. The molecule has 2 rings (SSSR count). The van der Waals surface area contributed by atoms with Crippen molar-refractivity contribution >= 4 is 5.82 Å². The Balaban J connectivity index is 2.43. The monoisotopic (exact) mass is 280 g/mol. The number of nitrogens with zero attached hydrogens (tertiary/aromatic N) is 2. The maximum absolute atomic E-state index is 13.6. The molecule has 7 heteroatoms. The molecule has 106 valence electrons. The summed E-state index contributed by atoms with van der Waals surface area (Å²) in [6.07, 6.45) is 1.25. The SMILES string of the molecule is CC(C)c1c(NN)ncnc1Oc1ccc(F)cc1F. The van der Waals surface area contributed by atoms with Gasteiger partial charge in [0.1, 0.15) is 12.1 Å². The number of hydrazine groups is 1. The summed E-state index contributed by atoms with van der Waals surface area (Å²) < 4.78 is 31.9. The number of nitrogen functional groups attached to an aromatic ring is 1. The van der Waals surface area contributed by atoms with Crippen molar-refractivity contribution in [2.24, 2.45) is 5.84 Å². The Morgan fingerprint density at radius 3 is 2.60 bits per heavy atom. The van der Waals surface area contributed by atoms with Crippen LogP contribution < -0.4 is 16.0 Å². The minimum Gasteiger partial charge on any atom is -0.435 e. The van der Waals surface area contributed by atoms with Crippen molar-refractivity contribution in [1.29, 1.82) is 0 Å². The Hall–Kier alpha value is -2.28. The van der Waals surface area contributed by atoms with E-state index >= 15 is 0 Å². The van der Waals surface area contributed by atoms with Crippen LogP contribution in [0.1, 0.15) is 25.3 Å². The van der Waals surface area contributed by atoms with E-state index < -0.39 is 11.6 Å². The molecule has 0 aliphatic rings. The first-order chi connectivity index (χ1) is 9.52. The van der Waals surface area contributed by atoms with Crippen molar-refractivity contribution in [3.8, 4) is 11.6 Å². The van der Waals surface area contributed by atoms with Crippen LogP contribution in [-0.2, 0) is 0 Å². The molecule has 20 heavy (non-hydrogen) atoms. The van der Waals surface area contributed by atoms with Crippen LogP contribution in [0.4, 0.5) is 14.6 Å². The number of rotatable bonds is 4. The lowest BCUT2D eigenvalue weighted by atomic mass is 10.1. The van der Waals surface area contributed by atoms with Crippen LogP contribution in [0.3, 0.4) is 0 Å². The first kappa shape index (κ1) is 14.1. The van der Waals surface area contributed by atoms with Crippen molar-refractivity contribution in [2.45, 2.75) is 19.8 Å². The van der Waals surface area contributed by atoms with Crippen molar-refractivity contribution in [3.05, 3.63) is 41.7 Å². The van der Waals surface area contributed by atoms with E-state index in [-0.39, 0.29) is 17.5 Å². The summed E-state index contributed by atoms with van der Waals surface area (Å²) in [7, 11) is 0. The van der Waals surface area contributed by atoms with Gasteiger partial charge in [0.15, 0.2) is 17.4 Å². The van der Waals surface area contributed by atoms with Gasteiger partial charge in [-0.05, 0) is 18.1 Å². The van der Waals surface area contributed by atoms with Crippen LogP contribution in [0, 0.1) is 11.6 Å². The van der Waals surface area contributed by atoms with E-state index in [0.29, 0.717) is 11.4 Å². The quantitative estimate of drug-likeness (QED) is 0.665. The van der Waals surface area contributed by atoms with Crippen molar-refractivity contribution in [1.82, 2.24) is 9.97 Å². The van der Waals surface area contributed by atoms with Gasteiger partial charge in [-0.2, -0.15) is 0 Å². The van der Waals surface area contributed by atoms with E-state index in [1.807, 2.05) is 13.8 Å². The molecule has 0 aliphatic heterocycles. The van der Waals surface area contributed by atoms with Gasteiger partial charge in [-0.25, -0.2) is 24.6 Å². The second kappa shape index (κ2) is 5.79. The van der Waals surface area contributed by atoms with Crippen molar-refractivity contribution < 1.29 is 13.5 Å². The van der Waals surface area contributed by atoms with Crippen molar-refractivity contribution in [2.75, 3.05) is 5.43 Å². The van der Waals surface area contributed by atoms with Crippen LogP contribution in [-0.4, -0.2) is 9.97 Å². The van der Waals surface area contributed by atoms with Gasteiger partial charge in [0.05, 0.1) is 5.56 Å². The molecular formula is C13H14F2N4O. The molecule has 0 bridgehead atoms. The molecule has 0 saturated carbocycles. The number of benzene rings is 1. The fourth-order valence-corrected chi connectivity index (χ4v) is 1.76. The number of hydrogen-bond donors (Lipinski definition) is 2. The van der Waals surface area contributed by atoms with Gasteiger partial charge in [0.25, 0.3) is 0 Å². The second-order valence-corrected chi connectivity index (χ2v) is 4.42. The largest absolute Gasteiger partial charge is 0.435 e. The number of nitrogens with one attached hydrogen (secondary N) is 1. The highest BCUT2D eigenvalue weighted by Gasteiger charge is 2.17. The van der Waals surface area contributed by atoms with Gasteiger partial charge in [-0.3, -0.25) is 0 Å². The van der Waals surface area contributed by atoms with Crippen LogP contribution in [0.25, 0.3) is 0 Å². The predicted octanol–water partition coefficient (Wildman–Crippen LogP) is 2.96. The maximum atomic E-state index is 13.6. The third-order valence-corrected chi connectivity index (χ3v) is 2.66. The van der Waals surface area contributed by atoms with E-state index in [1.165, 1.54) is 12.4 Å². The van der Waals surface area contributed by atoms with Gasteiger partial charge in [0.2, 0.25) is 5.88 Å². The number of nitrogens with two attached hydrogens (primary N) is 1. The molecule has 1 aromatic carbocycles. The topological polar surface area (TPSA) is 73.1 Å². The van der Waals surface area contributed by atoms with E-state index in [1.54, 1.807) is 0 Å². The van der Waals surface area contributed by atoms with E-state index in [0.717, 1.165) is 12.1 Å². The molecule has 5 nitrogen and oxygen atoms in total. The average Bonchev–Trinajstić information content (AvgIpc) is 2.41. The maximum Gasteiger partial charge on any atom is 0.228 e. The Labute approximate surface area is 114 Å². The van der Waals surface area contributed by atoms with Gasteiger partial charge in [-0.1, -0.05) is 13.8 Å². The smallest absolute Gasteiger partial charge is 0.228 e. The van der Waals surface area contributed by atoms with Gasteiger partial charge in [-0.15, -0.1) is 0 Å². The minimum absolute atomic E-state index is 0.000703. The summed E-state index contributed by atoms with van der Waals surface area (Å²) in [4.78, 5) is 7.95.